The lowest BCUT2D eigenvalue weighted by Crippen LogP contribution is -2.44. The molecular formula is C16H24N2O2. The van der Waals surface area contributed by atoms with Crippen molar-refractivity contribution >= 4 is 6.03 Å². The van der Waals surface area contributed by atoms with Crippen molar-refractivity contribution in [2.45, 2.75) is 32.9 Å². The van der Waals surface area contributed by atoms with E-state index in [1.54, 1.807) is 7.11 Å². The third-order valence-electron chi connectivity index (χ3n) is 3.79. The molecule has 1 aliphatic heterocycles. The van der Waals surface area contributed by atoms with E-state index in [0.717, 1.165) is 30.6 Å². The van der Waals surface area contributed by atoms with Gasteiger partial charge in [-0.05, 0) is 29.9 Å². The minimum atomic E-state index is 0.0452. The van der Waals surface area contributed by atoms with Crippen LogP contribution in [0.2, 0.25) is 0 Å². The Balaban J connectivity index is 1.89. The van der Waals surface area contributed by atoms with E-state index >= 15 is 0 Å². The number of nitrogens with one attached hydrogen (secondary N) is 1. The topological polar surface area (TPSA) is 41.6 Å². The molecular weight excluding hydrogens is 252 g/mol. The number of benzene rings is 1. The second kappa shape index (κ2) is 7.29. The molecule has 0 aromatic heterocycles. The summed E-state index contributed by atoms with van der Waals surface area (Å²) in [5.41, 5.74) is 2.25. The second-order valence-corrected chi connectivity index (χ2v) is 5.55. The summed E-state index contributed by atoms with van der Waals surface area (Å²) in [5, 5.41) is 3.02. The number of carbonyl (C=O) groups is 1. The molecule has 1 N–H and O–H groups in total. The minimum Gasteiger partial charge on any atom is -0.380 e. The summed E-state index contributed by atoms with van der Waals surface area (Å²) in [6.45, 7) is 5.07. The van der Waals surface area contributed by atoms with Gasteiger partial charge >= 0.3 is 6.03 Å². The Morgan fingerprint density at radius 1 is 1.40 bits per heavy atom. The van der Waals surface area contributed by atoms with Gasteiger partial charge in [-0.3, -0.25) is 0 Å². The number of piperidine rings is 1. The Bertz CT molecular complexity index is 448. The van der Waals surface area contributed by atoms with E-state index in [-0.39, 0.29) is 6.03 Å². The summed E-state index contributed by atoms with van der Waals surface area (Å²) in [4.78, 5) is 14.1. The quantitative estimate of drug-likeness (QED) is 0.918. The maximum Gasteiger partial charge on any atom is 0.317 e. The lowest BCUT2D eigenvalue weighted by Gasteiger charge is -2.31. The van der Waals surface area contributed by atoms with Gasteiger partial charge < -0.3 is 15.0 Å². The second-order valence-electron chi connectivity index (χ2n) is 5.55. The fourth-order valence-electron chi connectivity index (χ4n) is 2.68. The maximum atomic E-state index is 12.2. The van der Waals surface area contributed by atoms with E-state index in [1.165, 1.54) is 6.42 Å². The van der Waals surface area contributed by atoms with Gasteiger partial charge in [0.25, 0.3) is 0 Å². The van der Waals surface area contributed by atoms with Crippen LogP contribution in [0.5, 0.6) is 0 Å². The number of methoxy groups -OCH3 is 1. The first-order valence-electron chi connectivity index (χ1n) is 7.29. The summed E-state index contributed by atoms with van der Waals surface area (Å²) in [6.07, 6.45) is 2.33. The van der Waals surface area contributed by atoms with Crippen LogP contribution < -0.4 is 5.32 Å². The van der Waals surface area contributed by atoms with Crippen molar-refractivity contribution in [3.8, 4) is 0 Å². The first-order valence-corrected chi connectivity index (χ1v) is 7.29. The monoisotopic (exact) mass is 276 g/mol. The number of urea groups is 1. The number of rotatable bonds is 4. The summed E-state index contributed by atoms with van der Waals surface area (Å²) in [5.74, 6) is 0.607. The molecule has 0 unspecified atom stereocenters. The number of amides is 2. The zero-order valence-corrected chi connectivity index (χ0v) is 12.4. The Kier molecular flexibility index (Phi) is 5.41. The van der Waals surface area contributed by atoms with E-state index in [9.17, 15) is 4.79 Å². The molecule has 0 spiro atoms. The van der Waals surface area contributed by atoms with Gasteiger partial charge in [0.05, 0.1) is 6.61 Å². The predicted octanol–water partition coefficient (Wildman–Crippen LogP) is 2.77. The molecule has 1 heterocycles. The molecule has 1 fully saturated rings. The van der Waals surface area contributed by atoms with Crippen molar-refractivity contribution in [3.63, 3.8) is 0 Å². The normalized spacial score (nSPS) is 18.9. The lowest BCUT2D eigenvalue weighted by atomic mass is 10.0. The number of hydrogen-bond donors (Lipinski definition) is 1. The van der Waals surface area contributed by atoms with Crippen molar-refractivity contribution in [1.29, 1.82) is 0 Å². The molecule has 1 aliphatic rings. The van der Waals surface area contributed by atoms with E-state index in [0.29, 0.717) is 19.1 Å². The van der Waals surface area contributed by atoms with Crippen molar-refractivity contribution in [2.24, 2.45) is 5.92 Å². The molecule has 1 saturated heterocycles. The van der Waals surface area contributed by atoms with E-state index in [4.69, 9.17) is 4.74 Å². The standard InChI is InChI=1S/C16H24N2O2/c1-13-6-5-9-18(11-13)16(19)17-10-14-7-3-4-8-15(14)12-20-2/h3-4,7-8,13H,5-6,9-12H2,1-2H3,(H,17,19)/t13-/m1/s1. The van der Waals surface area contributed by atoms with Crippen LogP contribution in [0, 0.1) is 5.92 Å². The summed E-state index contributed by atoms with van der Waals surface area (Å²) >= 11 is 0. The Morgan fingerprint density at radius 3 is 2.85 bits per heavy atom. The molecule has 110 valence electrons. The number of likely N-dealkylation sites (tertiary alicyclic amines) is 1. The van der Waals surface area contributed by atoms with E-state index in [2.05, 4.69) is 12.2 Å². The third kappa shape index (κ3) is 3.97. The van der Waals surface area contributed by atoms with Crippen molar-refractivity contribution in [1.82, 2.24) is 10.2 Å². The van der Waals surface area contributed by atoms with Gasteiger partial charge in [0.1, 0.15) is 0 Å². The van der Waals surface area contributed by atoms with Gasteiger partial charge in [-0.1, -0.05) is 31.2 Å². The molecule has 20 heavy (non-hydrogen) atoms. The molecule has 1 aromatic carbocycles. The molecule has 0 bridgehead atoms. The van der Waals surface area contributed by atoms with Crippen LogP contribution in [0.3, 0.4) is 0 Å². The van der Waals surface area contributed by atoms with Crippen LogP contribution in [0.4, 0.5) is 4.79 Å². The lowest BCUT2D eigenvalue weighted by molar-refractivity contribution is 0.169. The largest absolute Gasteiger partial charge is 0.380 e. The van der Waals surface area contributed by atoms with Gasteiger partial charge in [-0.25, -0.2) is 4.79 Å². The van der Waals surface area contributed by atoms with Crippen LogP contribution in [0.15, 0.2) is 24.3 Å². The molecule has 0 radical (unpaired) electrons. The number of hydrogen-bond acceptors (Lipinski definition) is 2. The average molecular weight is 276 g/mol. The molecule has 0 aliphatic carbocycles. The highest BCUT2D eigenvalue weighted by molar-refractivity contribution is 5.74. The van der Waals surface area contributed by atoms with Gasteiger partial charge in [0, 0.05) is 26.7 Å². The highest BCUT2D eigenvalue weighted by Crippen LogP contribution is 2.15. The van der Waals surface area contributed by atoms with Crippen LogP contribution >= 0.6 is 0 Å². The molecule has 2 rings (SSSR count). The zero-order chi connectivity index (χ0) is 14.4. The summed E-state index contributed by atoms with van der Waals surface area (Å²) in [6, 6.07) is 8.10. The molecule has 0 saturated carbocycles. The Hall–Kier alpha value is -1.55. The summed E-state index contributed by atoms with van der Waals surface area (Å²) < 4.78 is 5.18. The molecule has 1 aromatic rings. The first-order chi connectivity index (χ1) is 9.70. The first kappa shape index (κ1) is 14.9. The van der Waals surface area contributed by atoms with E-state index in [1.807, 2.05) is 29.2 Å². The fraction of sp³-hybridized carbons (Fsp3) is 0.562. The molecule has 1 atom stereocenters. The van der Waals surface area contributed by atoms with Gasteiger partial charge in [-0.2, -0.15) is 0 Å². The van der Waals surface area contributed by atoms with E-state index < -0.39 is 0 Å². The molecule has 4 heteroatoms. The van der Waals surface area contributed by atoms with Crippen LogP contribution in [-0.2, 0) is 17.9 Å². The highest BCUT2D eigenvalue weighted by atomic mass is 16.5. The zero-order valence-electron chi connectivity index (χ0n) is 12.4. The maximum absolute atomic E-state index is 12.2. The number of nitrogens with zero attached hydrogens (tertiary/aromatic N) is 1. The molecule has 4 nitrogen and oxygen atoms in total. The predicted molar refractivity (Wildman–Crippen MR) is 79.4 cm³/mol. The minimum absolute atomic E-state index is 0.0452. The van der Waals surface area contributed by atoms with Crippen LogP contribution in [0.25, 0.3) is 0 Å². The fourth-order valence-corrected chi connectivity index (χ4v) is 2.68. The van der Waals surface area contributed by atoms with Crippen molar-refractivity contribution in [3.05, 3.63) is 35.4 Å². The van der Waals surface area contributed by atoms with Crippen LogP contribution in [0.1, 0.15) is 30.9 Å². The van der Waals surface area contributed by atoms with Crippen LogP contribution in [-0.4, -0.2) is 31.1 Å². The number of carbonyl (C=O) groups excluding carboxylic acids is 1. The van der Waals surface area contributed by atoms with Crippen molar-refractivity contribution < 1.29 is 9.53 Å². The molecule has 2 amide bonds. The number of ether oxygens (including phenoxy) is 1. The van der Waals surface area contributed by atoms with Gasteiger partial charge in [-0.15, -0.1) is 0 Å². The Morgan fingerprint density at radius 2 is 2.15 bits per heavy atom. The Labute approximate surface area is 121 Å². The third-order valence-corrected chi connectivity index (χ3v) is 3.79. The summed E-state index contributed by atoms with van der Waals surface area (Å²) in [7, 11) is 1.69. The van der Waals surface area contributed by atoms with Crippen molar-refractivity contribution in [2.75, 3.05) is 20.2 Å². The SMILES string of the molecule is COCc1ccccc1CNC(=O)N1CCC[C@@H](C)C1. The highest BCUT2D eigenvalue weighted by Gasteiger charge is 2.20. The van der Waals surface area contributed by atoms with Gasteiger partial charge in [0.15, 0.2) is 0 Å². The average Bonchev–Trinajstić information content (AvgIpc) is 2.46. The van der Waals surface area contributed by atoms with Gasteiger partial charge in [0.2, 0.25) is 0 Å². The smallest absolute Gasteiger partial charge is 0.317 e.